The molecule has 2 heterocycles. The molecular formula is C25H26O7. The number of rotatable bonds is 3. The second-order valence-corrected chi connectivity index (χ2v) is 8.93. The molecule has 0 unspecified atom stereocenters. The summed E-state index contributed by atoms with van der Waals surface area (Å²) in [6.45, 7) is 7.27. The van der Waals surface area contributed by atoms with Crippen LogP contribution in [0.3, 0.4) is 0 Å². The Bertz CT molecular complexity index is 1310. The van der Waals surface area contributed by atoms with Crippen molar-refractivity contribution in [2.75, 3.05) is 0 Å². The molecule has 32 heavy (non-hydrogen) atoms. The molecule has 0 amide bonds. The lowest BCUT2D eigenvalue weighted by Crippen LogP contribution is -2.46. The van der Waals surface area contributed by atoms with Crippen LogP contribution in [0.4, 0.5) is 0 Å². The zero-order valence-electron chi connectivity index (χ0n) is 18.4. The van der Waals surface area contributed by atoms with E-state index < -0.39 is 17.1 Å². The average Bonchev–Trinajstić information content (AvgIpc) is 2.68. The van der Waals surface area contributed by atoms with E-state index in [4.69, 9.17) is 9.15 Å². The van der Waals surface area contributed by atoms with E-state index >= 15 is 0 Å². The molecule has 4 N–H and O–H groups in total. The fraction of sp³-hybridized carbons (Fsp3) is 0.320. The highest BCUT2D eigenvalue weighted by molar-refractivity contribution is 5.91. The second kappa shape index (κ2) is 7.60. The van der Waals surface area contributed by atoms with Crippen molar-refractivity contribution in [2.45, 2.75) is 52.2 Å². The Kier molecular flexibility index (Phi) is 5.17. The maximum absolute atomic E-state index is 13.5. The zero-order valence-corrected chi connectivity index (χ0v) is 18.4. The summed E-state index contributed by atoms with van der Waals surface area (Å²) in [6, 6.07) is 5.39. The Morgan fingerprint density at radius 3 is 2.53 bits per heavy atom. The van der Waals surface area contributed by atoms with Gasteiger partial charge in [0, 0.05) is 29.7 Å². The van der Waals surface area contributed by atoms with Crippen molar-refractivity contribution in [3.63, 3.8) is 0 Å². The van der Waals surface area contributed by atoms with E-state index in [9.17, 15) is 25.2 Å². The molecule has 1 aliphatic rings. The van der Waals surface area contributed by atoms with Gasteiger partial charge < -0.3 is 29.6 Å². The molecule has 0 saturated heterocycles. The third kappa shape index (κ3) is 3.58. The smallest absolute Gasteiger partial charge is 0.200 e. The summed E-state index contributed by atoms with van der Waals surface area (Å²) in [5.41, 5.74) is 0.721. The zero-order chi connectivity index (χ0) is 23.4. The molecule has 168 valence electrons. The summed E-state index contributed by atoms with van der Waals surface area (Å²) >= 11 is 0. The lowest BCUT2D eigenvalue weighted by atomic mass is 9.89. The van der Waals surface area contributed by atoms with Crippen LogP contribution in [0.2, 0.25) is 0 Å². The molecule has 7 nitrogen and oxygen atoms in total. The standard InChI is InChI=1S/C25H26O7/c1-12(2)5-7-15-22(30)21-18(28)11-19-16(10-20(29)25(3,4)32-19)24(21)31-23(15)14-8-6-13(26)9-17(14)27/h5-6,8-9,11,20,26-29H,7,10H2,1-4H3/t20-/m0/s1. The number of ether oxygens (including phenoxy) is 1. The summed E-state index contributed by atoms with van der Waals surface area (Å²) < 4.78 is 12.1. The molecule has 1 aromatic heterocycles. The van der Waals surface area contributed by atoms with Crippen LogP contribution in [0.25, 0.3) is 22.3 Å². The average molecular weight is 438 g/mol. The third-order valence-corrected chi connectivity index (χ3v) is 5.82. The molecule has 1 atom stereocenters. The topological polar surface area (TPSA) is 120 Å². The highest BCUT2D eigenvalue weighted by Crippen LogP contribution is 2.43. The number of hydrogen-bond acceptors (Lipinski definition) is 7. The van der Waals surface area contributed by atoms with Gasteiger partial charge in [-0.2, -0.15) is 0 Å². The van der Waals surface area contributed by atoms with Crippen LogP contribution in [0.5, 0.6) is 23.0 Å². The van der Waals surface area contributed by atoms with Crippen molar-refractivity contribution in [3.05, 3.63) is 57.3 Å². The Morgan fingerprint density at radius 1 is 1.16 bits per heavy atom. The van der Waals surface area contributed by atoms with Gasteiger partial charge in [-0.05, 0) is 46.2 Å². The number of fused-ring (bicyclic) bond motifs is 3. The van der Waals surface area contributed by atoms with E-state index in [2.05, 4.69) is 0 Å². The van der Waals surface area contributed by atoms with E-state index in [1.165, 1.54) is 18.2 Å². The molecule has 0 fully saturated rings. The van der Waals surface area contributed by atoms with E-state index in [1.54, 1.807) is 13.8 Å². The van der Waals surface area contributed by atoms with Gasteiger partial charge in [-0.25, -0.2) is 0 Å². The van der Waals surface area contributed by atoms with Gasteiger partial charge in [0.1, 0.15) is 45.3 Å². The van der Waals surface area contributed by atoms with Crippen molar-refractivity contribution in [3.8, 4) is 34.3 Å². The van der Waals surface area contributed by atoms with E-state index in [1.807, 2.05) is 19.9 Å². The third-order valence-electron chi connectivity index (χ3n) is 5.82. The first-order chi connectivity index (χ1) is 15.0. The summed E-state index contributed by atoms with van der Waals surface area (Å²) in [5.74, 6) is -0.206. The fourth-order valence-corrected chi connectivity index (χ4v) is 3.91. The van der Waals surface area contributed by atoms with Crippen LogP contribution in [0.1, 0.15) is 38.8 Å². The largest absolute Gasteiger partial charge is 0.508 e. The monoisotopic (exact) mass is 438 g/mol. The summed E-state index contributed by atoms with van der Waals surface area (Å²) in [5, 5.41) is 41.4. The lowest BCUT2D eigenvalue weighted by molar-refractivity contribution is -0.0410. The van der Waals surface area contributed by atoms with Gasteiger partial charge in [-0.3, -0.25) is 4.79 Å². The number of aliphatic hydroxyl groups excluding tert-OH is 1. The highest BCUT2D eigenvalue weighted by atomic mass is 16.5. The highest BCUT2D eigenvalue weighted by Gasteiger charge is 2.38. The summed E-state index contributed by atoms with van der Waals surface area (Å²) in [4.78, 5) is 13.5. The number of aromatic hydroxyl groups is 3. The van der Waals surface area contributed by atoms with Gasteiger partial charge >= 0.3 is 0 Å². The van der Waals surface area contributed by atoms with Gasteiger partial charge in [0.2, 0.25) is 5.43 Å². The summed E-state index contributed by atoms with van der Waals surface area (Å²) in [7, 11) is 0. The van der Waals surface area contributed by atoms with Crippen molar-refractivity contribution in [2.24, 2.45) is 0 Å². The van der Waals surface area contributed by atoms with E-state index in [0.29, 0.717) is 11.3 Å². The molecule has 0 spiro atoms. The first-order valence-electron chi connectivity index (χ1n) is 10.4. The first kappa shape index (κ1) is 21.8. The number of allylic oxidation sites excluding steroid dienone is 2. The predicted octanol–water partition coefficient (Wildman–Crippen LogP) is 4.16. The van der Waals surface area contributed by atoms with E-state index in [-0.39, 0.29) is 57.9 Å². The van der Waals surface area contributed by atoms with Crippen LogP contribution in [0.15, 0.2) is 45.1 Å². The number of hydrogen-bond donors (Lipinski definition) is 4. The number of benzene rings is 2. The molecule has 7 heteroatoms. The molecule has 0 saturated carbocycles. The predicted molar refractivity (Wildman–Crippen MR) is 120 cm³/mol. The lowest BCUT2D eigenvalue weighted by Gasteiger charge is -2.37. The van der Waals surface area contributed by atoms with Gasteiger partial charge in [0.15, 0.2) is 0 Å². The molecule has 0 bridgehead atoms. The Labute approximate surface area is 184 Å². The maximum atomic E-state index is 13.5. The van der Waals surface area contributed by atoms with Crippen LogP contribution in [-0.4, -0.2) is 32.1 Å². The molecule has 4 rings (SSSR count). The first-order valence-corrected chi connectivity index (χ1v) is 10.4. The second-order valence-electron chi connectivity index (χ2n) is 8.93. The van der Waals surface area contributed by atoms with Crippen molar-refractivity contribution in [1.82, 2.24) is 0 Å². The molecule has 2 aromatic carbocycles. The number of aliphatic hydroxyl groups is 1. The maximum Gasteiger partial charge on any atom is 0.200 e. The fourth-order valence-electron chi connectivity index (χ4n) is 3.91. The molecule has 1 aliphatic heterocycles. The Balaban J connectivity index is 2.09. The van der Waals surface area contributed by atoms with Gasteiger partial charge in [-0.1, -0.05) is 11.6 Å². The van der Waals surface area contributed by atoms with Gasteiger partial charge in [-0.15, -0.1) is 0 Å². The Hall–Kier alpha value is -3.45. The quantitative estimate of drug-likeness (QED) is 0.453. The van der Waals surface area contributed by atoms with E-state index in [0.717, 1.165) is 11.6 Å². The minimum absolute atomic E-state index is 0.00145. The molecule has 0 radical (unpaired) electrons. The normalized spacial score (nSPS) is 17.0. The SMILES string of the molecule is CC(C)=CCc1c(-c2ccc(O)cc2O)oc2c3c(cc(O)c2c1=O)OC(C)(C)[C@@H](O)C3. The Morgan fingerprint density at radius 2 is 1.88 bits per heavy atom. The molecular weight excluding hydrogens is 412 g/mol. The van der Waals surface area contributed by atoms with Crippen LogP contribution in [-0.2, 0) is 12.8 Å². The minimum Gasteiger partial charge on any atom is -0.508 e. The number of phenols is 3. The van der Waals surface area contributed by atoms with Crippen molar-refractivity contribution >= 4 is 11.0 Å². The molecule has 3 aromatic rings. The van der Waals surface area contributed by atoms with Crippen LogP contribution in [0, 0.1) is 0 Å². The van der Waals surface area contributed by atoms with Crippen LogP contribution < -0.4 is 10.2 Å². The van der Waals surface area contributed by atoms with Crippen molar-refractivity contribution < 1.29 is 29.6 Å². The summed E-state index contributed by atoms with van der Waals surface area (Å²) in [6.07, 6.45) is 1.38. The number of phenolic OH excluding ortho intramolecular Hbond substituents is 3. The van der Waals surface area contributed by atoms with Gasteiger partial charge in [0.05, 0.1) is 11.7 Å². The van der Waals surface area contributed by atoms with Crippen LogP contribution >= 0.6 is 0 Å². The minimum atomic E-state index is -0.880. The van der Waals surface area contributed by atoms with Gasteiger partial charge in [0.25, 0.3) is 0 Å². The van der Waals surface area contributed by atoms with Crippen molar-refractivity contribution in [1.29, 1.82) is 0 Å². The molecule has 0 aliphatic carbocycles.